The maximum atomic E-state index is 11.2. The van der Waals surface area contributed by atoms with E-state index in [0.29, 0.717) is 6.61 Å². The second-order valence-corrected chi connectivity index (χ2v) is 5.43. The highest BCUT2D eigenvalue weighted by molar-refractivity contribution is 5.71. The molecule has 5 heteroatoms. The van der Waals surface area contributed by atoms with E-state index in [0.717, 1.165) is 12.0 Å². The van der Waals surface area contributed by atoms with Crippen molar-refractivity contribution in [1.82, 2.24) is 4.90 Å². The molecule has 2 N–H and O–H groups in total. The molecule has 3 unspecified atom stereocenters. The van der Waals surface area contributed by atoms with Crippen molar-refractivity contribution in [2.45, 2.75) is 25.4 Å². The molecule has 1 saturated heterocycles. The molecule has 1 aliphatic heterocycles. The second-order valence-electron chi connectivity index (χ2n) is 5.43. The van der Waals surface area contributed by atoms with Gasteiger partial charge in [-0.2, -0.15) is 0 Å². The fourth-order valence-electron chi connectivity index (χ4n) is 2.62. The Hall–Kier alpha value is -1.59. The van der Waals surface area contributed by atoms with Gasteiger partial charge < -0.3 is 14.9 Å². The first-order valence-corrected chi connectivity index (χ1v) is 6.79. The Bertz CT molecular complexity index is 459. The molecule has 0 saturated carbocycles. The van der Waals surface area contributed by atoms with E-state index >= 15 is 0 Å². The summed E-state index contributed by atoms with van der Waals surface area (Å²) in [5, 5.41) is 18.5. The van der Waals surface area contributed by atoms with E-state index in [4.69, 9.17) is 4.74 Å². The predicted octanol–water partition coefficient (Wildman–Crippen LogP) is 1.35. The van der Waals surface area contributed by atoms with Gasteiger partial charge in [0.05, 0.1) is 19.1 Å². The number of carboxylic acids is 1. The zero-order chi connectivity index (χ0) is 14.7. The van der Waals surface area contributed by atoms with Gasteiger partial charge in [-0.15, -0.1) is 0 Å². The van der Waals surface area contributed by atoms with Crippen molar-refractivity contribution in [1.29, 1.82) is 0 Å². The molecule has 0 aliphatic carbocycles. The molecule has 1 aliphatic rings. The van der Waals surface area contributed by atoms with Crippen LogP contribution in [0.25, 0.3) is 0 Å². The van der Waals surface area contributed by atoms with Gasteiger partial charge in [0.25, 0.3) is 0 Å². The van der Waals surface area contributed by atoms with Gasteiger partial charge in [0.15, 0.2) is 0 Å². The van der Waals surface area contributed by atoms with Gasteiger partial charge >= 0.3 is 5.97 Å². The predicted molar refractivity (Wildman–Crippen MR) is 74.8 cm³/mol. The van der Waals surface area contributed by atoms with Crippen LogP contribution in [0, 0.1) is 5.92 Å². The molecular formula is C15H21NO4. The van der Waals surface area contributed by atoms with Crippen LogP contribution in [0.2, 0.25) is 0 Å². The van der Waals surface area contributed by atoms with Crippen LogP contribution in [0.1, 0.15) is 12.5 Å². The molecule has 0 bridgehead atoms. The van der Waals surface area contributed by atoms with Crippen LogP contribution in [0.15, 0.2) is 24.3 Å². The van der Waals surface area contributed by atoms with Crippen molar-refractivity contribution in [2.24, 2.45) is 5.92 Å². The van der Waals surface area contributed by atoms with E-state index in [-0.39, 0.29) is 24.4 Å². The normalized spacial score (nSPS) is 23.9. The van der Waals surface area contributed by atoms with Crippen molar-refractivity contribution < 1.29 is 19.7 Å². The number of likely N-dealkylation sites (N-methyl/N-ethyl adjacent to an activating group) is 1. The number of rotatable bonds is 5. The van der Waals surface area contributed by atoms with Crippen molar-refractivity contribution in [3.63, 3.8) is 0 Å². The smallest absolute Gasteiger partial charge is 0.310 e. The fraction of sp³-hybridized carbons (Fsp3) is 0.533. The van der Waals surface area contributed by atoms with E-state index in [1.165, 1.54) is 0 Å². The topological polar surface area (TPSA) is 70.0 Å². The fourth-order valence-corrected chi connectivity index (χ4v) is 2.62. The summed E-state index contributed by atoms with van der Waals surface area (Å²) in [6.07, 6.45) is 0.805. The third-order valence-electron chi connectivity index (χ3n) is 4.05. The number of nitrogens with zero attached hydrogens (tertiary/aromatic N) is 1. The van der Waals surface area contributed by atoms with Crippen LogP contribution < -0.4 is 0 Å². The molecular weight excluding hydrogens is 258 g/mol. The number of hydrogen-bond donors (Lipinski definition) is 2. The average Bonchev–Trinajstić information content (AvgIpc) is 2.90. The lowest BCUT2D eigenvalue weighted by Crippen LogP contribution is -2.45. The largest absolute Gasteiger partial charge is 0.508 e. The van der Waals surface area contributed by atoms with Crippen molar-refractivity contribution >= 4 is 5.97 Å². The van der Waals surface area contributed by atoms with E-state index in [9.17, 15) is 15.0 Å². The lowest BCUT2D eigenvalue weighted by atomic mass is 9.99. The van der Waals surface area contributed by atoms with Gasteiger partial charge in [-0.3, -0.25) is 9.69 Å². The van der Waals surface area contributed by atoms with Crippen LogP contribution in [-0.4, -0.2) is 53.4 Å². The third-order valence-corrected chi connectivity index (χ3v) is 4.05. The molecule has 0 amide bonds. The first-order valence-electron chi connectivity index (χ1n) is 6.79. The summed E-state index contributed by atoms with van der Waals surface area (Å²) in [7, 11) is 1.94. The average molecular weight is 279 g/mol. The first-order chi connectivity index (χ1) is 9.49. The molecule has 110 valence electrons. The number of hydrogen-bond acceptors (Lipinski definition) is 4. The lowest BCUT2D eigenvalue weighted by molar-refractivity contribution is -0.143. The number of benzene rings is 1. The second kappa shape index (κ2) is 6.24. The maximum Gasteiger partial charge on any atom is 0.310 e. The Morgan fingerprint density at radius 3 is 2.65 bits per heavy atom. The Morgan fingerprint density at radius 2 is 2.05 bits per heavy atom. The van der Waals surface area contributed by atoms with Crippen molar-refractivity contribution in [3.8, 4) is 5.75 Å². The van der Waals surface area contributed by atoms with Gasteiger partial charge in [0, 0.05) is 12.1 Å². The first kappa shape index (κ1) is 14.8. The molecule has 0 radical (unpaired) electrons. The van der Waals surface area contributed by atoms with Gasteiger partial charge in [-0.05, 0) is 38.1 Å². The summed E-state index contributed by atoms with van der Waals surface area (Å²) in [5.41, 5.74) is 1.12. The number of carbonyl (C=O) groups is 1. The van der Waals surface area contributed by atoms with Crippen LogP contribution in [0.5, 0.6) is 5.75 Å². The van der Waals surface area contributed by atoms with Gasteiger partial charge in [-0.25, -0.2) is 0 Å². The molecule has 1 fully saturated rings. The summed E-state index contributed by atoms with van der Waals surface area (Å²) < 4.78 is 5.31. The third kappa shape index (κ3) is 3.29. The maximum absolute atomic E-state index is 11.2. The van der Waals surface area contributed by atoms with Crippen LogP contribution >= 0.6 is 0 Å². The summed E-state index contributed by atoms with van der Waals surface area (Å²) in [6, 6.07) is 7.23. The molecule has 3 atom stereocenters. The molecule has 1 heterocycles. The summed E-state index contributed by atoms with van der Waals surface area (Å²) >= 11 is 0. The Balaban J connectivity index is 1.99. The van der Waals surface area contributed by atoms with Gasteiger partial charge in [0.2, 0.25) is 0 Å². The molecule has 0 spiro atoms. The standard InChI is InChI=1S/C15H21NO4/c1-10(7-11-3-5-12(17)6-4-11)16(2)14-9-20-8-13(14)15(18)19/h3-6,10,13-14,17H,7-9H2,1-2H3,(H,18,19). The van der Waals surface area contributed by atoms with Crippen molar-refractivity contribution in [3.05, 3.63) is 29.8 Å². The van der Waals surface area contributed by atoms with E-state index < -0.39 is 11.9 Å². The van der Waals surface area contributed by atoms with E-state index in [1.807, 2.05) is 19.2 Å². The number of ether oxygens (including phenoxy) is 1. The summed E-state index contributed by atoms with van der Waals surface area (Å²) in [5.74, 6) is -0.997. The van der Waals surface area contributed by atoms with Crippen LogP contribution in [0.4, 0.5) is 0 Å². The minimum atomic E-state index is -0.795. The summed E-state index contributed by atoms with van der Waals surface area (Å²) in [4.78, 5) is 13.3. The Kier molecular flexibility index (Phi) is 4.62. The highest BCUT2D eigenvalue weighted by atomic mass is 16.5. The van der Waals surface area contributed by atoms with Gasteiger partial charge in [-0.1, -0.05) is 12.1 Å². The summed E-state index contributed by atoms with van der Waals surface area (Å²) in [6.45, 7) is 2.83. The Labute approximate surface area is 118 Å². The molecule has 2 rings (SSSR count). The van der Waals surface area contributed by atoms with E-state index in [2.05, 4.69) is 11.8 Å². The zero-order valence-corrected chi connectivity index (χ0v) is 11.8. The van der Waals surface area contributed by atoms with Gasteiger partial charge in [0.1, 0.15) is 5.75 Å². The number of aliphatic carboxylic acids is 1. The number of phenols is 1. The monoisotopic (exact) mass is 279 g/mol. The highest BCUT2D eigenvalue weighted by Gasteiger charge is 2.37. The van der Waals surface area contributed by atoms with Crippen molar-refractivity contribution in [2.75, 3.05) is 20.3 Å². The van der Waals surface area contributed by atoms with Crippen LogP contribution in [0.3, 0.4) is 0 Å². The molecule has 1 aromatic rings. The van der Waals surface area contributed by atoms with E-state index in [1.54, 1.807) is 12.1 Å². The highest BCUT2D eigenvalue weighted by Crippen LogP contribution is 2.22. The molecule has 20 heavy (non-hydrogen) atoms. The minimum Gasteiger partial charge on any atom is -0.508 e. The lowest BCUT2D eigenvalue weighted by Gasteiger charge is -2.32. The minimum absolute atomic E-state index is 0.0837. The zero-order valence-electron chi connectivity index (χ0n) is 11.8. The molecule has 5 nitrogen and oxygen atoms in total. The number of phenolic OH excluding ortho intramolecular Hbond substituents is 1. The molecule has 0 aromatic heterocycles. The SMILES string of the molecule is CC(Cc1ccc(O)cc1)N(C)C1COCC1C(=O)O. The number of aromatic hydroxyl groups is 1. The number of carboxylic acid groups (broad SMARTS) is 1. The quantitative estimate of drug-likeness (QED) is 0.851. The Morgan fingerprint density at radius 1 is 1.40 bits per heavy atom. The van der Waals surface area contributed by atoms with Crippen LogP contribution in [-0.2, 0) is 16.0 Å². The molecule has 1 aromatic carbocycles.